The molecule has 2 unspecified atom stereocenters. The van der Waals surface area contributed by atoms with Crippen molar-refractivity contribution in [2.75, 3.05) is 0 Å². The number of carbonyl (C=O) groups is 1. The molecule has 0 saturated heterocycles. The van der Waals surface area contributed by atoms with Crippen molar-refractivity contribution in [1.29, 1.82) is 0 Å². The molecule has 2 nitrogen and oxygen atoms in total. The summed E-state index contributed by atoms with van der Waals surface area (Å²) in [5.74, 6) is 0.660. The fraction of sp³-hybridized carbons (Fsp3) is 0.650. The zero-order valence-electron chi connectivity index (χ0n) is 13.6. The van der Waals surface area contributed by atoms with Crippen LogP contribution in [0, 0.1) is 16.7 Å². The van der Waals surface area contributed by atoms with Crippen molar-refractivity contribution in [3.05, 3.63) is 35.9 Å². The predicted molar refractivity (Wildman–Crippen MR) is 88.3 cm³/mol. The second-order valence-electron chi connectivity index (χ2n) is 8.55. The summed E-state index contributed by atoms with van der Waals surface area (Å²) >= 11 is 0. The molecule has 0 aromatic heterocycles. The molecule has 4 saturated carbocycles. The van der Waals surface area contributed by atoms with E-state index in [9.17, 15) is 4.79 Å². The summed E-state index contributed by atoms with van der Waals surface area (Å²) < 4.78 is 0. The van der Waals surface area contributed by atoms with Crippen molar-refractivity contribution in [1.82, 2.24) is 0 Å². The molecule has 5 rings (SSSR count). The van der Waals surface area contributed by atoms with Crippen LogP contribution in [0.3, 0.4) is 0 Å². The smallest absolute Gasteiger partial charge is 0.223 e. The second kappa shape index (κ2) is 4.59. The van der Waals surface area contributed by atoms with Gasteiger partial charge in [-0.2, -0.15) is 0 Å². The second-order valence-corrected chi connectivity index (χ2v) is 8.55. The number of carbonyl (C=O) groups excluding carboxylic acids is 1. The number of benzene rings is 1. The van der Waals surface area contributed by atoms with E-state index >= 15 is 0 Å². The van der Waals surface area contributed by atoms with Crippen LogP contribution in [0.15, 0.2) is 30.3 Å². The van der Waals surface area contributed by atoms with Crippen molar-refractivity contribution < 1.29 is 4.79 Å². The summed E-state index contributed by atoms with van der Waals surface area (Å²) in [6.45, 7) is 2.28. The Kier molecular flexibility index (Phi) is 2.99. The summed E-state index contributed by atoms with van der Waals surface area (Å²) in [6.07, 6.45) is 9.41. The average molecular weight is 297 g/mol. The topological polar surface area (TPSA) is 43.1 Å². The molecular formula is C20H27NO. The number of hydrogen-bond donors (Lipinski definition) is 1. The molecule has 1 aromatic rings. The minimum absolute atomic E-state index is 0.0302. The first-order valence-electron chi connectivity index (χ1n) is 8.87. The first kappa shape index (κ1) is 14.3. The average Bonchev–Trinajstić information content (AvgIpc) is 2.46. The van der Waals surface area contributed by atoms with Crippen LogP contribution in [0.4, 0.5) is 0 Å². The normalized spacial score (nSPS) is 42.5. The third-order valence-corrected chi connectivity index (χ3v) is 6.87. The molecule has 4 bridgehead atoms. The van der Waals surface area contributed by atoms with Crippen LogP contribution in [0.25, 0.3) is 0 Å². The van der Waals surface area contributed by atoms with Gasteiger partial charge in [-0.3, -0.25) is 4.79 Å². The molecule has 0 heterocycles. The summed E-state index contributed by atoms with van der Waals surface area (Å²) in [5.41, 5.74) is 7.72. The monoisotopic (exact) mass is 297 g/mol. The third-order valence-electron chi connectivity index (χ3n) is 6.87. The van der Waals surface area contributed by atoms with Crippen molar-refractivity contribution in [3.8, 4) is 0 Å². The van der Waals surface area contributed by atoms with Gasteiger partial charge in [0.25, 0.3) is 0 Å². The lowest BCUT2D eigenvalue weighted by molar-refractivity contribution is -0.160. The van der Waals surface area contributed by atoms with Crippen molar-refractivity contribution in [2.24, 2.45) is 22.5 Å². The molecule has 2 N–H and O–H groups in total. The molecule has 4 fully saturated rings. The van der Waals surface area contributed by atoms with E-state index in [1.807, 2.05) is 0 Å². The van der Waals surface area contributed by atoms with E-state index in [4.69, 9.17) is 5.73 Å². The van der Waals surface area contributed by atoms with Crippen LogP contribution in [0.2, 0.25) is 0 Å². The molecule has 118 valence electrons. The molecule has 22 heavy (non-hydrogen) atoms. The van der Waals surface area contributed by atoms with Gasteiger partial charge in [-0.25, -0.2) is 0 Å². The Morgan fingerprint density at radius 2 is 1.91 bits per heavy atom. The molecule has 1 amide bonds. The Morgan fingerprint density at radius 3 is 2.59 bits per heavy atom. The molecule has 0 spiro atoms. The van der Waals surface area contributed by atoms with Crippen molar-refractivity contribution in [3.63, 3.8) is 0 Å². The van der Waals surface area contributed by atoms with Crippen LogP contribution < -0.4 is 5.73 Å². The van der Waals surface area contributed by atoms with Gasteiger partial charge in [-0.15, -0.1) is 0 Å². The first-order chi connectivity index (χ1) is 10.5. The van der Waals surface area contributed by atoms with E-state index in [2.05, 4.69) is 37.3 Å². The first-order valence-corrected chi connectivity index (χ1v) is 8.87. The van der Waals surface area contributed by atoms with Gasteiger partial charge in [0.1, 0.15) is 0 Å². The lowest BCUT2D eigenvalue weighted by Gasteiger charge is -2.66. The van der Waals surface area contributed by atoms with Gasteiger partial charge in [0.15, 0.2) is 0 Å². The molecule has 0 radical (unpaired) electrons. The summed E-state index contributed by atoms with van der Waals surface area (Å²) in [4.78, 5) is 12.4. The Bertz CT molecular complexity index is 597. The summed E-state index contributed by atoms with van der Waals surface area (Å²) in [7, 11) is 0. The number of hydrogen-bond acceptors (Lipinski definition) is 1. The van der Waals surface area contributed by atoms with E-state index in [1.165, 1.54) is 37.7 Å². The van der Waals surface area contributed by atoms with Crippen molar-refractivity contribution >= 4 is 5.91 Å². The standard InChI is InChI=1S/C20H27NO/c1-2-8-18-9-15-10-19(12-18,16-6-4-3-5-7-16)14-20(11-15,13-18)17(21)22/h3-7,15H,2,8-14H2,1H3,(H2,21,22)/t15?,18-,19-,20?/m1/s1. The Hall–Kier alpha value is -1.31. The summed E-state index contributed by atoms with van der Waals surface area (Å²) in [6, 6.07) is 11.0. The van der Waals surface area contributed by atoms with Gasteiger partial charge in [-0.1, -0.05) is 43.7 Å². The van der Waals surface area contributed by atoms with E-state index in [0.29, 0.717) is 11.3 Å². The van der Waals surface area contributed by atoms with E-state index in [1.54, 1.807) is 0 Å². The quantitative estimate of drug-likeness (QED) is 0.890. The van der Waals surface area contributed by atoms with Gasteiger partial charge < -0.3 is 5.73 Å². The highest BCUT2D eigenvalue weighted by molar-refractivity contribution is 5.82. The minimum Gasteiger partial charge on any atom is -0.369 e. The number of primary amides is 1. The maximum Gasteiger partial charge on any atom is 0.223 e. The third kappa shape index (κ3) is 1.89. The number of nitrogens with two attached hydrogens (primary N) is 1. The molecule has 0 aliphatic heterocycles. The molecular weight excluding hydrogens is 270 g/mol. The fourth-order valence-corrected chi connectivity index (χ4v) is 6.84. The highest BCUT2D eigenvalue weighted by Gasteiger charge is 2.65. The number of amides is 1. The maximum absolute atomic E-state index is 12.4. The molecule has 4 aliphatic carbocycles. The fourth-order valence-electron chi connectivity index (χ4n) is 6.84. The maximum atomic E-state index is 12.4. The highest BCUT2D eigenvalue weighted by Crippen LogP contribution is 2.71. The molecule has 4 aliphatic rings. The van der Waals surface area contributed by atoms with E-state index in [0.717, 1.165) is 19.3 Å². The van der Waals surface area contributed by atoms with E-state index in [-0.39, 0.29) is 16.7 Å². The zero-order valence-corrected chi connectivity index (χ0v) is 13.6. The van der Waals surface area contributed by atoms with Gasteiger partial charge in [0.2, 0.25) is 5.91 Å². The van der Waals surface area contributed by atoms with Crippen LogP contribution in [0.5, 0.6) is 0 Å². The van der Waals surface area contributed by atoms with Crippen LogP contribution >= 0.6 is 0 Å². The van der Waals surface area contributed by atoms with Crippen LogP contribution in [-0.2, 0) is 10.2 Å². The molecule has 1 aromatic carbocycles. The van der Waals surface area contributed by atoms with Gasteiger partial charge >= 0.3 is 0 Å². The molecule has 2 heteroatoms. The van der Waals surface area contributed by atoms with Crippen molar-refractivity contribution in [2.45, 2.75) is 63.7 Å². The Balaban J connectivity index is 1.83. The number of rotatable bonds is 4. The Labute approximate surface area is 133 Å². The van der Waals surface area contributed by atoms with E-state index < -0.39 is 0 Å². The lowest BCUT2D eigenvalue weighted by atomic mass is 9.37. The van der Waals surface area contributed by atoms with Gasteiger partial charge in [0.05, 0.1) is 5.41 Å². The minimum atomic E-state index is -0.232. The highest BCUT2D eigenvalue weighted by atomic mass is 16.1. The van der Waals surface area contributed by atoms with Crippen LogP contribution in [0.1, 0.15) is 63.9 Å². The van der Waals surface area contributed by atoms with Gasteiger partial charge in [0, 0.05) is 0 Å². The van der Waals surface area contributed by atoms with Crippen LogP contribution in [-0.4, -0.2) is 5.91 Å². The molecule has 4 atom stereocenters. The lowest BCUT2D eigenvalue weighted by Crippen LogP contribution is -2.62. The summed E-state index contributed by atoms with van der Waals surface area (Å²) in [5, 5.41) is 0. The Morgan fingerprint density at radius 1 is 1.14 bits per heavy atom. The zero-order chi connectivity index (χ0) is 15.4. The SMILES string of the molecule is CCC[C@]12CC3CC(C(N)=O)(C1)C[C@@](c1ccccc1)(C3)C2. The van der Waals surface area contributed by atoms with Gasteiger partial charge in [-0.05, 0) is 67.3 Å². The predicted octanol–water partition coefficient (Wildman–Crippen LogP) is 4.18. The largest absolute Gasteiger partial charge is 0.369 e.